The van der Waals surface area contributed by atoms with Crippen LogP contribution in [-0.2, 0) is 9.53 Å². The molecule has 0 aliphatic heterocycles. The van der Waals surface area contributed by atoms with Gasteiger partial charge in [0, 0.05) is 19.7 Å². The Morgan fingerprint density at radius 2 is 1.64 bits per heavy atom. The van der Waals surface area contributed by atoms with E-state index in [1.54, 1.807) is 49.6 Å². The number of amides is 1. The second-order valence-electron chi connectivity index (χ2n) is 5.85. The third-order valence-electron chi connectivity index (χ3n) is 4.13. The Bertz CT molecular complexity index is 791. The van der Waals surface area contributed by atoms with E-state index in [1.165, 1.54) is 27.4 Å². The number of phenols is 1. The number of benzene rings is 2. The van der Waals surface area contributed by atoms with Crippen molar-refractivity contribution >= 4 is 12.0 Å². The molecule has 2 rings (SSSR count). The van der Waals surface area contributed by atoms with Gasteiger partial charge >= 0.3 is 0 Å². The molecule has 7 nitrogen and oxygen atoms in total. The van der Waals surface area contributed by atoms with Crippen molar-refractivity contribution in [3.63, 3.8) is 0 Å². The summed E-state index contributed by atoms with van der Waals surface area (Å²) in [5, 5.41) is 12.2. The number of hydrogen-bond donors (Lipinski definition) is 2. The molecule has 0 aromatic heterocycles. The van der Waals surface area contributed by atoms with Crippen LogP contribution in [-0.4, -0.2) is 46.0 Å². The minimum Gasteiger partial charge on any atom is -0.508 e. The Morgan fingerprint density at radius 1 is 1.04 bits per heavy atom. The molecule has 2 aromatic carbocycles. The predicted molar refractivity (Wildman–Crippen MR) is 106 cm³/mol. The van der Waals surface area contributed by atoms with Gasteiger partial charge in [-0.25, -0.2) is 0 Å². The lowest BCUT2D eigenvalue weighted by Gasteiger charge is -2.16. The van der Waals surface area contributed by atoms with Gasteiger partial charge in [0.2, 0.25) is 11.7 Å². The molecule has 1 amide bonds. The highest BCUT2D eigenvalue weighted by atomic mass is 16.5. The Kier molecular flexibility index (Phi) is 7.71. The largest absolute Gasteiger partial charge is 0.508 e. The van der Waals surface area contributed by atoms with E-state index < -0.39 is 0 Å². The Balaban J connectivity index is 2.04. The van der Waals surface area contributed by atoms with E-state index in [0.29, 0.717) is 23.8 Å². The number of carbonyl (C=O) groups excluding carboxylic acids is 1. The normalized spacial score (nSPS) is 11.9. The molecule has 0 saturated carbocycles. The number of phenolic OH excluding ortho intramolecular Hbond substituents is 1. The fourth-order valence-corrected chi connectivity index (χ4v) is 2.65. The number of ether oxygens (including phenoxy) is 4. The summed E-state index contributed by atoms with van der Waals surface area (Å²) in [6.45, 7) is 0.291. The van der Waals surface area contributed by atoms with Crippen molar-refractivity contribution in [2.24, 2.45) is 0 Å². The quantitative estimate of drug-likeness (QED) is 0.644. The topological polar surface area (TPSA) is 86.3 Å². The highest BCUT2D eigenvalue weighted by Gasteiger charge is 2.13. The average Bonchev–Trinajstić information content (AvgIpc) is 2.72. The highest BCUT2D eigenvalue weighted by molar-refractivity contribution is 5.91. The monoisotopic (exact) mass is 387 g/mol. The van der Waals surface area contributed by atoms with Gasteiger partial charge in [-0.2, -0.15) is 0 Å². The second-order valence-corrected chi connectivity index (χ2v) is 5.85. The Morgan fingerprint density at radius 3 is 2.14 bits per heavy atom. The molecule has 1 atom stereocenters. The van der Waals surface area contributed by atoms with E-state index in [9.17, 15) is 9.90 Å². The van der Waals surface area contributed by atoms with Gasteiger partial charge in [-0.3, -0.25) is 4.79 Å². The number of nitrogens with one attached hydrogen (secondary N) is 1. The van der Waals surface area contributed by atoms with E-state index in [4.69, 9.17) is 18.9 Å². The molecule has 0 spiro atoms. The van der Waals surface area contributed by atoms with Crippen molar-refractivity contribution in [2.45, 2.75) is 6.10 Å². The van der Waals surface area contributed by atoms with Crippen LogP contribution >= 0.6 is 0 Å². The molecule has 2 N–H and O–H groups in total. The zero-order chi connectivity index (χ0) is 20.5. The lowest BCUT2D eigenvalue weighted by Crippen LogP contribution is -2.27. The van der Waals surface area contributed by atoms with E-state index >= 15 is 0 Å². The summed E-state index contributed by atoms with van der Waals surface area (Å²) in [6.07, 6.45) is 2.76. The van der Waals surface area contributed by atoms with Crippen LogP contribution < -0.4 is 19.5 Å². The summed E-state index contributed by atoms with van der Waals surface area (Å²) in [7, 11) is 6.16. The van der Waals surface area contributed by atoms with Gasteiger partial charge in [-0.05, 0) is 41.5 Å². The lowest BCUT2D eigenvalue weighted by molar-refractivity contribution is -0.117. The number of methoxy groups -OCH3 is 4. The van der Waals surface area contributed by atoms with Crippen molar-refractivity contribution in [1.82, 2.24) is 5.32 Å². The van der Waals surface area contributed by atoms with Crippen LogP contribution in [0.25, 0.3) is 6.08 Å². The van der Waals surface area contributed by atoms with Gasteiger partial charge in [0.25, 0.3) is 0 Å². The average molecular weight is 387 g/mol. The van der Waals surface area contributed by atoms with Gasteiger partial charge in [-0.15, -0.1) is 0 Å². The van der Waals surface area contributed by atoms with E-state index in [0.717, 1.165) is 11.1 Å². The van der Waals surface area contributed by atoms with Crippen molar-refractivity contribution in [2.75, 3.05) is 35.0 Å². The van der Waals surface area contributed by atoms with Crippen LogP contribution in [0.15, 0.2) is 42.5 Å². The minimum absolute atomic E-state index is 0.177. The molecule has 0 saturated heterocycles. The van der Waals surface area contributed by atoms with Gasteiger partial charge in [-0.1, -0.05) is 12.1 Å². The summed E-state index contributed by atoms with van der Waals surface area (Å²) in [6, 6.07) is 10.2. The van der Waals surface area contributed by atoms with Crippen LogP contribution in [0.3, 0.4) is 0 Å². The maximum absolute atomic E-state index is 12.2. The summed E-state index contributed by atoms with van der Waals surface area (Å²) in [5.41, 5.74) is 1.58. The van der Waals surface area contributed by atoms with Gasteiger partial charge < -0.3 is 29.4 Å². The van der Waals surface area contributed by atoms with Crippen molar-refractivity contribution in [3.8, 4) is 23.0 Å². The summed E-state index contributed by atoms with van der Waals surface area (Å²) in [5.74, 6) is 1.41. The molecule has 0 aliphatic rings. The van der Waals surface area contributed by atoms with Gasteiger partial charge in [0.15, 0.2) is 11.5 Å². The smallest absolute Gasteiger partial charge is 0.244 e. The maximum atomic E-state index is 12.2. The van der Waals surface area contributed by atoms with E-state index in [-0.39, 0.29) is 17.8 Å². The van der Waals surface area contributed by atoms with Crippen LogP contribution in [0, 0.1) is 0 Å². The third-order valence-corrected chi connectivity index (χ3v) is 4.13. The van der Waals surface area contributed by atoms with Crippen LogP contribution in [0.2, 0.25) is 0 Å². The maximum Gasteiger partial charge on any atom is 0.244 e. The van der Waals surface area contributed by atoms with Crippen LogP contribution in [0.5, 0.6) is 23.0 Å². The summed E-state index contributed by atoms with van der Waals surface area (Å²) in [4.78, 5) is 12.2. The molecule has 0 heterocycles. The Hall–Kier alpha value is -3.19. The first-order chi connectivity index (χ1) is 13.5. The molecule has 7 heteroatoms. The first-order valence-electron chi connectivity index (χ1n) is 8.60. The first kappa shape index (κ1) is 21.1. The van der Waals surface area contributed by atoms with Crippen molar-refractivity contribution in [3.05, 3.63) is 53.6 Å². The lowest BCUT2D eigenvalue weighted by atomic mass is 10.1. The number of hydrogen-bond acceptors (Lipinski definition) is 6. The minimum atomic E-state index is -0.320. The summed E-state index contributed by atoms with van der Waals surface area (Å²) < 4.78 is 21.3. The molecular weight excluding hydrogens is 362 g/mol. The zero-order valence-electron chi connectivity index (χ0n) is 16.4. The zero-order valence-corrected chi connectivity index (χ0v) is 16.4. The predicted octanol–water partition coefficient (Wildman–Crippen LogP) is 2.94. The fourth-order valence-electron chi connectivity index (χ4n) is 2.65. The van der Waals surface area contributed by atoms with E-state index in [1.807, 2.05) is 0 Å². The molecule has 0 bridgehead atoms. The summed E-state index contributed by atoms with van der Waals surface area (Å²) >= 11 is 0. The van der Waals surface area contributed by atoms with Crippen LogP contribution in [0.4, 0.5) is 0 Å². The molecule has 0 radical (unpaired) electrons. The third kappa shape index (κ3) is 5.40. The second kappa shape index (κ2) is 10.2. The molecule has 0 unspecified atom stereocenters. The number of carbonyl (C=O) groups is 1. The number of aromatic hydroxyl groups is 1. The fraction of sp³-hybridized carbons (Fsp3) is 0.286. The molecule has 150 valence electrons. The first-order valence-corrected chi connectivity index (χ1v) is 8.60. The SMILES string of the molecule is COc1cc(/C=C/C(=O)NC[C@@H](OC)c2ccc(O)cc2)cc(OC)c1OC. The number of rotatable bonds is 9. The molecule has 28 heavy (non-hydrogen) atoms. The molecule has 2 aromatic rings. The highest BCUT2D eigenvalue weighted by Crippen LogP contribution is 2.38. The Labute approximate surface area is 164 Å². The molecule has 0 fully saturated rings. The van der Waals surface area contributed by atoms with E-state index in [2.05, 4.69) is 5.32 Å². The molecule has 0 aliphatic carbocycles. The van der Waals surface area contributed by atoms with Gasteiger partial charge in [0.1, 0.15) is 5.75 Å². The standard InChI is InChI=1S/C21H25NO6/c1-25-17-11-14(12-18(26-2)21(17)28-4)5-10-20(24)22-13-19(27-3)15-6-8-16(23)9-7-15/h5-12,19,23H,13H2,1-4H3,(H,22,24)/b10-5+/t19-/m1/s1. The molecular formula is C21H25NO6. The van der Waals surface area contributed by atoms with Crippen molar-refractivity contribution in [1.29, 1.82) is 0 Å². The van der Waals surface area contributed by atoms with Crippen molar-refractivity contribution < 1.29 is 28.8 Å². The van der Waals surface area contributed by atoms with Crippen LogP contribution in [0.1, 0.15) is 17.2 Å². The van der Waals surface area contributed by atoms with Gasteiger partial charge in [0.05, 0.1) is 27.4 Å².